The van der Waals surface area contributed by atoms with E-state index in [4.69, 9.17) is 4.74 Å². The third kappa shape index (κ3) is 3.65. The van der Waals surface area contributed by atoms with E-state index in [1.165, 1.54) is 6.33 Å². The summed E-state index contributed by atoms with van der Waals surface area (Å²) >= 11 is 0. The van der Waals surface area contributed by atoms with Gasteiger partial charge in [0.15, 0.2) is 0 Å². The van der Waals surface area contributed by atoms with Crippen LogP contribution in [0.4, 0.5) is 11.5 Å². The number of aromatic nitrogens is 2. The average Bonchev–Trinajstić information content (AvgIpc) is 2.58. The minimum absolute atomic E-state index is 0.228. The van der Waals surface area contributed by atoms with Crippen LogP contribution in [0.2, 0.25) is 0 Å². The van der Waals surface area contributed by atoms with Crippen molar-refractivity contribution < 1.29 is 9.53 Å². The van der Waals surface area contributed by atoms with Gasteiger partial charge in [0.2, 0.25) is 0 Å². The molecule has 0 aliphatic carbocycles. The second kappa shape index (κ2) is 6.75. The number of nitrogens with zero attached hydrogens (tertiary/aromatic N) is 3. The fourth-order valence-electron chi connectivity index (χ4n) is 2.58. The summed E-state index contributed by atoms with van der Waals surface area (Å²) in [4.78, 5) is 22.9. The molecule has 1 fully saturated rings. The summed E-state index contributed by atoms with van der Waals surface area (Å²) < 4.78 is 5.34. The van der Waals surface area contributed by atoms with E-state index in [9.17, 15) is 4.79 Å². The smallest absolute Gasteiger partial charge is 0.274 e. The summed E-state index contributed by atoms with van der Waals surface area (Å²) in [5.74, 6) is 0.531. The van der Waals surface area contributed by atoms with Crippen LogP contribution in [0.15, 0.2) is 30.6 Å². The van der Waals surface area contributed by atoms with Crippen molar-refractivity contribution in [3.8, 4) is 0 Å². The zero-order valence-corrected chi connectivity index (χ0v) is 13.4. The normalized spacial score (nSPS) is 14.6. The molecule has 0 spiro atoms. The molecule has 0 saturated carbocycles. The molecule has 6 nitrogen and oxygen atoms in total. The van der Waals surface area contributed by atoms with Gasteiger partial charge in [0.1, 0.15) is 17.8 Å². The largest absolute Gasteiger partial charge is 0.378 e. The van der Waals surface area contributed by atoms with Crippen molar-refractivity contribution in [1.29, 1.82) is 0 Å². The number of benzene rings is 1. The SMILES string of the molecule is Cc1ccc(NC(=O)c2cc(N3CCOCC3)ncn2)c(C)c1. The number of nitrogens with one attached hydrogen (secondary N) is 1. The van der Waals surface area contributed by atoms with Crippen LogP contribution >= 0.6 is 0 Å². The predicted molar refractivity (Wildman–Crippen MR) is 88.9 cm³/mol. The molecule has 1 saturated heterocycles. The highest BCUT2D eigenvalue weighted by molar-refractivity contribution is 6.03. The van der Waals surface area contributed by atoms with Crippen molar-refractivity contribution in [3.63, 3.8) is 0 Å². The number of hydrogen-bond donors (Lipinski definition) is 1. The molecular formula is C17H20N4O2. The molecule has 120 valence electrons. The molecule has 1 aliphatic rings. The van der Waals surface area contributed by atoms with E-state index in [1.807, 2.05) is 32.0 Å². The number of aryl methyl sites for hydroxylation is 2. The van der Waals surface area contributed by atoms with Crippen molar-refractivity contribution in [2.45, 2.75) is 13.8 Å². The van der Waals surface area contributed by atoms with E-state index in [-0.39, 0.29) is 5.91 Å². The monoisotopic (exact) mass is 312 g/mol. The first kappa shape index (κ1) is 15.4. The minimum atomic E-state index is -0.228. The lowest BCUT2D eigenvalue weighted by atomic mass is 10.1. The molecule has 23 heavy (non-hydrogen) atoms. The van der Waals surface area contributed by atoms with Crippen molar-refractivity contribution in [3.05, 3.63) is 47.4 Å². The molecule has 3 rings (SSSR count). The number of carbonyl (C=O) groups excluding carboxylic acids is 1. The van der Waals surface area contributed by atoms with Crippen molar-refractivity contribution in [1.82, 2.24) is 9.97 Å². The molecule has 1 aromatic heterocycles. The van der Waals surface area contributed by atoms with Crippen molar-refractivity contribution >= 4 is 17.4 Å². The van der Waals surface area contributed by atoms with Gasteiger partial charge in [-0.2, -0.15) is 0 Å². The number of hydrogen-bond acceptors (Lipinski definition) is 5. The quantitative estimate of drug-likeness (QED) is 0.941. The van der Waals surface area contributed by atoms with Crippen LogP contribution in [-0.2, 0) is 4.74 Å². The van der Waals surface area contributed by atoms with Crippen molar-refractivity contribution in [2.75, 3.05) is 36.5 Å². The van der Waals surface area contributed by atoms with Gasteiger partial charge in [0.25, 0.3) is 5.91 Å². The Morgan fingerprint density at radius 2 is 1.96 bits per heavy atom. The Morgan fingerprint density at radius 1 is 1.17 bits per heavy atom. The van der Waals surface area contributed by atoms with Gasteiger partial charge in [-0.25, -0.2) is 9.97 Å². The van der Waals surface area contributed by atoms with Gasteiger partial charge >= 0.3 is 0 Å². The van der Waals surface area contributed by atoms with Crippen LogP contribution < -0.4 is 10.2 Å². The lowest BCUT2D eigenvalue weighted by Crippen LogP contribution is -2.37. The van der Waals surface area contributed by atoms with Crippen LogP contribution in [0.3, 0.4) is 0 Å². The Labute approximate surface area is 135 Å². The average molecular weight is 312 g/mol. The molecule has 1 aromatic carbocycles. The van der Waals surface area contributed by atoms with E-state index < -0.39 is 0 Å². The zero-order valence-electron chi connectivity index (χ0n) is 13.4. The second-order valence-corrected chi connectivity index (χ2v) is 5.63. The molecule has 1 N–H and O–H groups in total. The Morgan fingerprint density at radius 3 is 2.70 bits per heavy atom. The highest BCUT2D eigenvalue weighted by Gasteiger charge is 2.16. The third-order valence-electron chi connectivity index (χ3n) is 3.85. The maximum absolute atomic E-state index is 12.4. The lowest BCUT2D eigenvalue weighted by Gasteiger charge is -2.27. The van der Waals surface area contributed by atoms with E-state index in [2.05, 4.69) is 20.2 Å². The second-order valence-electron chi connectivity index (χ2n) is 5.63. The topological polar surface area (TPSA) is 67.4 Å². The Hall–Kier alpha value is -2.47. The van der Waals surface area contributed by atoms with E-state index >= 15 is 0 Å². The van der Waals surface area contributed by atoms with Crippen molar-refractivity contribution in [2.24, 2.45) is 0 Å². The summed E-state index contributed by atoms with van der Waals surface area (Å²) in [6.07, 6.45) is 1.43. The van der Waals surface area contributed by atoms with E-state index in [0.29, 0.717) is 18.9 Å². The number of anilines is 2. The summed E-state index contributed by atoms with van der Waals surface area (Å²) in [7, 11) is 0. The van der Waals surface area contributed by atoms with Gasteiger partial charge in [0, 0.05) is 24.8 Å². The van der Waals surface area contributed by atoms with Gasteiger partial charge in [0.05, 0.1) is 13.2 Å². The standard InChI is InChI=1S/C17H20N4O2/c1-12-3-4-14(13(2)9-12)20-17(22)15-10-16(19-11-18-15)21-5-7-23-8-6-21/h3-4,9-11H,5-8H2,1-2H3,(H,20,22). The van der Waals surface area contributed by atoms with Crippen LogP contribution in [0.1, 0.15) is 21.6 Å². The minimum Gasteiger partial charge on any atom is -0.378 e. The first-order chi connectivity index (χ1) is 11.1. The van der Waals surface area contributed by atoms with Gasteiger partial charge < -0.3 is 15.0 Å². The third-order valence-corrected chi connectivity index (χ3v) is 3.85. The van der Waals surface area contributed by atoms with Crippen LogP contribution in [0, 0.1) is 13.8 Å². The molecule has 0 atom stereocenters. The molecule has 1 aliphatic heterocycles. The zero-order chi connectivity index (χ0) is 16.2. The van der Waals surface area contributed by atoms with Gasteiger partial charge in [-0.05, 0) is 25.5 Å². The number of carbonyl (C=O) groups is 1. The molecule has 0 unspecified atom stereocenters. The maximum atomic E-state index is 12.4. The van der Waals surface area contributed by atoms with E-state index in [1.54, 1.807) is 6.07 Å². The molecule has 0 radical (unpaired) electrons. The van der Waals surface area contributed by atoms with Crippen LogP contribution in [0.5, 0.6) is 0 Å². The molecule has 6 heteroatoms. The molecule has 2 heterocycles. The van der Waals surface area contributed by atoms with Gasteiger partial charge in [-0.15, -0.1) is 0 Å². The molecule has 2 aromatic rings. The van der Waals surface area contributed by atoms with Gasteiger partial charge in [-0.1, -0.05) is 17.7 Å². The predicted octanol–water partition coefficient (Wildman–Crippen LogP) is 2.18. The number of morpholine rings is 1. The van der Waals surface area contributed by atoms with Crippen LogP contribution in [-0.4, -0.2) is 42.2 Å². The maximum Gasteiger partial charge on any atom is 0.274 e. The summed E-state index contributed by atoms with van der Waals surface area (Å²) in [5.41, 5.74) is 3.35. The highest BCUT2D eigenvalue weighted by atomic mass is 16.5. The Kier molecular flexibility index (Phi) is 4.52. The Balaban J connectivity index is 1.76. The molecule has 0 bridgehead atoms. The first-order valence-corrected chi connectivity index (χ1v) is 7.67. The molecular weight excluding hydrogens is 292 g/mol. The first-order valence-electron chi connectivity index (χ1n) is 7.67. The van der Waals surface area contributed by atoms with E-state index in [0.717, 1.165) is 35.7 Å². The van der Waals surface area contributed by atoms with Crippen LogP contribution in [0.25, 0.3) is 0 Å². The fraction of sp³-hybridized carbons (Fsp3) is 0.353. The Bertz CT molecular complexity index is 711. The summed E-state index contributed by atoms with van der Waals surface area (Å²) in [6, 6.07) is 7.65. The summed E-state index contributed by atoms with van der Waals surface area (Å²) in [6.45, 7) is 6.89. The number of rotatable bonds is 3. The highest BCUT2D eigenvalue weighted by Crippen LogP contribution is 2.18. The fourth-order valence-corrected chi connectivity index (χ4v) is 2.58. The number of amides is 1. The lowest BCUT2D eigenvalue weighted by molar-refractivity contribution is 0.102. The molecule has 1 amide bonds. The number of ether oxygens (including phenoxy) is 1. The summed E-state index contributed by atoms with van der Waals surface area (Å²) in [5, 5.41) is 2.91. The van der Waals surface area contributed by atoms with Gasteiger partial charge in [-0.3, -0.25) is 4.79 Å².